The highest BCUT2D eigenvalue weighted by Crippen LogP contribution is 2.15. The SMILES string of the molecule is Cc1c(-c2cncnc2)c(=O)n(C)c(=O)n1C. The first-order valence-corrected chi connectivity index (χ1v) is 5.06. The van der Waals surface area contributed by atoms with E-state index < -0.39 is 0 Å². The summed E-state index contributed by atoms with van der Waals surface area (Å²) in [5, 5.41) is 0. The molecule has 17 heavy (non-hydrogen) atoms. The van der Waals surface area contributed by atoms with E-state index in [4.69, 9.17) is 0 Å². The minimum absolute atomic E-state index is 0.333. The largest absolute Gasteiger partial charge is 0.330 e. The average molecular weight is 232 g/mol. The molecule has 0 radical (unpaired) electrons. The van der Waals surface area contributed by atoms with Crippen LogP contribution in [0.5, 0.6) is 0 Å². The van der Waals surface area contributed by atoms with Gasteiger partial charge in [-0.05, 0) is 6.92 Å². The van der Waals surface area contributed by atoms with Gasteiger partial charge in [0.25, 0.3) is 5.56 Å². The molecule has 0 bridgehead atoms. The molecular weight excluding hydrogens is 220 g/mol. The molecule has 0 fully saturated rings. The second kappa shape index (κ2) is 3.97. The second-order valence-corrected chi connectivity index (χ2v) is 3.79. The third-order valence-corrected chi connectivity index (χ3v) is 2.81. The van der Waals surface area contributed by atoms with Crippen LogP contribution in [0.2, 0.25) is 0 Å². The Morgan fingerprint density at radius 2 is 1.65 bits per heavy atom. The first kappa shape index (κ1) is 11.3. The van der Waals surface area contributed by atoms with Crippen LogP contribution in [0.15, 0.2) is 28.3 Å². The summed E-state index contributed by atoms with van der Waals surface area (Å²) in [5.74, 6) is 0. The Hall–Kier alpha value is -2.24. The maximum Gasteiger partial charge on any atom is 0.330 e. The highest BCUT2D eigenvalue weighted by molar-refractivity contribution is 5.62. The van der Waals surface area contributed by atoms with E-state index in [1.807, 2.05) is 0 Å². The van der Waals surface area contributed by atoms with Gasteiger partial charge >= 0.3 is 5.69 Å². The predicted octanol–water partition coefficient (Wildman–Crippen LogP) is -0.151. The lowest BCUT2D eigenvalue weighted by atomic mass is 10.1. The summed E-state index contributed by atoms with van der Waals surface area (Å²) in [6.07, 6.45) is 4.51. The smallest absolute Gasteiger partial charge is 0.300 e. The van der Waals surface area contributed by atoms with Crippen LogP contribution < -0.4 is 11.2 Å². The minimum atomic E-state index is -0.340. The van der Waals surface area contributed by atoms with Crippen molar-refractivity contribution >= 4 is 0 Å². The van der Waals surface area contributed by atoms with Crippen molar-refractivity contribution in [2.24, 2.45) is 14.1 Å². The van der Waals surface area contributed by atoms with E-state index in [1.54, 1.807) is 26.4 Å². The number of nitrogens with zero attached hydrogens (tertiary/aromatic N) is 4. The summed E-state index contributed by atoms with van der Waals surface area (Å²) in [6.45, 7) is 1.73. The maximum atomic E-state index is 12.1. The van der Waals surface area contributed by atoms with Gasteiger partial charge in [0.1, 0.15) is 6.33 Å². The van der Waals surface area contributed by atoms with Crippen LogP contribution in [-0.4, -0.2) is 19.1 Å². The molecule has 2 aromatic rings. The van der Waals surface area contributed by atoms with Crippen LogP contribution in [0.4, 0.5) is 0 Å². The van der Waals surface area contributed by atoms with Crippen molar-refractivity contribution in [2.75, 3.05) is 0 Å². The van der Waals surface area contributed by atoms with Crippen LogP contribution in [0, 0.1) is 6.92 Å². The number of hydrogen-bond donors (Lipinski definition) is 0. The van der Waals surface area contributed by atoms with Gasteiger partial charge in [-0.15, -0.1) is 0 Å². The lowest BCUT2D eigenvalue weighted by Gasteiger charge is -2.11. The maximum absolute atomic E-state index is 12.1. The highest BCUT2D eigenvalue weighted by Gasteiger charge is 2.14. The summed E-state index contributed by atoms with van der Waals surface area (Å²) in [7, 11) is 3.09. The Bertz CT molecular complexity index is 670. The van der Waals surface area contributed by atoms with Gasteiger partial charge in [-0.3, -0.25) is 9.36 Å². The van der Waals surface area contributed by atoms with Crippen molar-refractivity contribution in [3.05, 3.63) is 45.3 Å². The Balaban J connectivity index is 2.90. The molecular formula is C11H12N4O2. The number of rotatable bonds is 1. The molecule has 6 heteroatoms. The summed E-state index contributed by atoms with van der Waals surface area (Å²) in [6, 6.07) is 0. The Morgan fingerprint density at radius 1 is 1.06 bits per heavy atom. The molecule has 2 rings (SSSR count). The van der Waals surface area contributed by atoms with E-state index in [9.17, 15) is 9.59 Å². The Kier molecular flexibility index (Phi) is 2.63. The summed E-state index contributed by atoms with van der Waals surface area (Å²) in [5.41, 5.74) is 0.998. The highest BCUT2D eigenvalue weighted by atomic mass is 16.2. The third kappa shape index (κ3) is 1.67. The fraction of sp³-hybridized carbons (Fsp3) is 0.273. The van der Waals surface area contributed by atoms with Crippen molar-refractivity contribution in [1.29, 1.82) is 0 Å². The van der Waals surface area contributed by atoms with Gasteiger partial charge in [0, 0.05) is 37.7 Å². The molecule has 6 nitrogen and oxygen atoms in total. The fourth-order valence-electron chi connectivity index (χ4n) is 1.71. The zero-order valence-corrected chi connectivity index (χ0v) is 9.84. The zero-order chi connectivity index (χ0) is 12.6. The zero-order valence-electron chi connectivity index (χ0n) is 9.84. The lowest BCUT2D eigenvalue weighted by Crippen LogP contribution is -2.39. The van der Waals surface area contributed by atoms with Crippen molar-refractivity contribution in [3.63, 3.8) is 0 Å². The van der Waals surface area contributed by atoms with Gasteiger partial charge in [-0.25, -0.2) is 14.8 Å². The molecule has 0 unspecified atom stereocenters. The molecule has 0 aliphatic heterocycles. The molecule has 0 atom stereocenters. The molecule has 0 aromatic carbocycles. The third-order valence-electron chi connectivity index (χ3n) is 2.81. The molecule has 0 saturated carbocycles. The van der Waals surface area contributed by atoms with E-state index in [2.05, 4.69) is 9.97 Å². The quantitative estimate of drug-likeness (QED) is 0.685. The molecule has 88 valence electrons. The molecule has 2 aromatic heterocycles. The molecule has 2 heterocycles. The first-order valence-electron chi connectivity index (χ1n) is 5.06. The Morgan fingerprint density at radius 3 is 2.24 bits per heavy atom. The molecule has 0 amide bonds. The van der Waals surface area contributed by atoms with Gasteiger partial charge in [0.05, 0.1) is 5.56 Å². The van der Waals surface area contributed by atoms with Gasteiger partial charge in [-0.1, -0.05) is 0 Å². The van der Waals surface area contributed by atoms with Crippen molar-refractivity contribution in [1.82, 2.24) is 19.1 Å². The van der Waals surface area contributed by atoms with E-state index >= 15 is 0 Å². The predicted molar refractivity (Wildman–Crippen MR) is 62.7 cm³/mol. The van der Waals surface area contributed by atoms with Gasteiger partial charge in [-0.2, -0.15) is 0 Å². The Labute approximate surface area is 97.2 Å². The van der Waals surface area contributed by atoms with E-state index in [0.717, 1.165) is 4.57 Å². The minimum Gasteiger partial charge on any atom is -0.300 e. The van der Waals surface area contributed by atoms with Crippen molar-refractivity contribution in [3.8, 4) is 11.1 Å². The second-order valence-electron chi connectivity index (χ2n) is 3.79. The molecule has 0 aliphatic rings. The van der Waals surface area contributed by atoms with Crippen LogP contribution in [0.25, 0.3) is 11.1 Å². The standard InChI is InChI=1S/C11H12N4O2/c1-7-9(8-4-12-6-13-5-8)10(16)15(3)11(17)14(7)2/h4-6H,1-3H3. The molecule has 0 spiro atoms. The summed E-state index contributed by atoms with van der Waals surface area (Å²) < 4.78 is 2.51. The van der Waals surface area contributed by atoms with Gasteiger partial charge in [0.15, 0.2) is 0 Å². The molecule has 0 aliphatic carbocycles. The van der Waals surface area contributed by atoms with E-state index in [1.165, 1.54) is 17.9 Å². The molecule has 0 saturated heterocycles. The van der Waals surface area contributed by atoms with Crippen molar-refractivity contribution < 1.29 is 0 Å². The van der Waals surface area contributed by atoms with Crippen LogP contribution in [-0.2, 0) is 14.1 Å². The van der Waals surface area contributed by atoms with E-state index in [0.29, 0.717) is 16.8 Å². The lowest BCUT2D eigenvalue weighted by molar-refractivity contribution is 0.671. The summed E-state index contributed by atoms with van der Waals surface area (Å²) >= 11 is 0. The monoisotopic (exact) mass is 232 g/mol. The topological polar surface area (TPSA) is 69.8 Å². The van der Waals surface area contributed by atoms with Crippen LogP contribution in [0.3, 0.4) is 0 Å². The number of hydrogen-bond acceptors (Lipinski definition) is 4. The average Bonchev–Trinajstić information content (AvgIpc) is 2.36. The van der Waals surface area contributed by atoms with Crippen LogP contribution >= 0.6 is 0 Å². The van der Waals surface area contributed by atoms with Gasteiger partial charge in [0.2, 0.25) is 0 Å². The first-order chi connectivity index (χ1) is 8.04. The van der Waals surface area contributed by atoms with Gasteiger partial charge < -0.3 is 4.57 Å². The van der Waals surface area contributed by atoms with E-state index in [-0.39, 0.29) is 11.2 Å². The van der Waals surface area contributed by atoms with Crippen molar-refractivity contribution in [2.45, 2.75) is 6.92 Å². The fourth-order valence-corrected chi connectivity index (χ4v) is 1.71. The normalized spacial score (nSPS) is 10.5. The number of aromatic nitrogens is 4. The molecule has 0 N–H and O–H groups in total. The van der Waals surface area contributed by atoms with Crippen LogP contribution in [0.1, 0.15) is 5.69 Å². The summed E-state index contributed by atoms with van der Waals surface area (Å²) in [4.78, 5) is 31.5.